The molecule has 0 saturated carbocycles. The minimum absolute atomic E-state index is 0.0580. The van der Waals surface area contributed by atoms with E-state index in [0.717, 1.165) is 23.4 Å². The first-order valence-corrected chi connectivity index (χ1v) is 12.1. The largest absolute Gasteiger partial charge is 0.368 e. The molecule has 0 radical (unpaired) electrons. The highest BCUT2D eigenvalue weighted by molar-refractivity contribution is 6.36. The van der Waals surface area contributed by atoms with Crippen LogP contribution in [0.3, 0.4) is 0 Å². The van der Waals surface area contributed by atoms with Crippen molar-refractivity contribution in [2.45, 2.75) is 0 Å². The predicted molar refractivity (Wildman–Crippen MR) is 145 cm³/mol. The van der Waals surface area contributed by atoms with Gasteiger partial charge >= 0.3 is 0 Å². The number of anilines is 2. The van der Waals surface area contributed by atoms with Gasteiger partial charge in [0.15, 0.2) is 0 Å². The molecule has 0 bridgehead atoms. The lowest BCUT2D eigenvalue weighted by molar-refractivity contribution is -0.385. The maximum atomic E-state index is 10.9. The molecule has 3 heterocycles. The number of benzene rings is 1. The van der Waals surface area contributed by atoms with Gasteiger partial charge in [0, 0.05) is 54.6 Å². The van der Waals surface area contributed by atoms with Gasteiger partial charge in [-0.2, -0.15) is 0 Å². The minimum atomic E-state index is -0.478. The van der Waals surface area contributed by atoms with E-state index in [1.54, 1.807) is 36.9 Å². The third-order valence-corrected chi connectivity index (χ3v) is 6.04. The number of aromatic amines is 1. The van der Waals surface area contributed by atoms with Crippen molar-refractivity contribution in [3.8, 4) is 22.5 Å². The molecular formula is C24H25Cl2N9O2. The van der Waals surface area contributed by atoms with Crippen LogP contribution < -0.4 is 10.2 Å². The second kappa shape index (κ2) is 12.0. The molecule has 11 nitrogen and oxygen atoms in total. The van der Waals surface area contributed by atoms with Gasteiger partial charge in [0.05, 0.1) is 33.9 Å². The Balaban J connectivity index is 1.62. The number of hydrogen-bond donors (Lipinski definition) is 2. The Labute approximate surface area is 223 Å². The molecule has 0 aliphatic heterocycles. The molecule has 4 aromatic rings. The maximum Gasteiger partial charge on any atom is 0.287 e. The van der Waals surface area contributed by atoms with Crippen molar-refractivity contribution in [2.75, 3.05) is 50.5 Å². The van der Waals surface area contributed by atoms with Crippen LogP contribution in [0.1, 0.15) is 0 Å². The van der Waals surface area contributed by atoms with Gasteiger partial charge in [0.1, 0.15) is 12.0 Å². The van der Waals surface area contributed by atoms with E-state index in [1.807, 2.05) is 20.2 Å². The van der Waals surface area contributed by atoms with E-state index < -0.39 is 4.92 Å². The SMILES string of the molecule is CN(C)CCN(CCNc1ccc([N+](=O)[O-])cn1)c1ncc(-c2cnc[nH]2)c(-c2ccc(Cl)cc2Cl)n1. The predicted octanol–water partition coefficient (Wildman–Crippen LogP) is 4.62. The van der Waals surface area contributed by atoms with E-state index in [-0.39, 0.29) is 5.69 Å². The number of likely N-dealkylation sites (N-methyl/N-ethyl adjacent to an activating group) is 1. The first-order chi connectivity index (χ1) is 17.8. The summed E-state index contributed by atoms with van der Waals surface area (Å²) in [6.45, 7) is 2.52. The Morgan fingerprint density at radius 3 is 2.51 bits per heavy atom. The smallest absolute Gasteiger partial charge is 0.287 e. The van der Waals surface area contributed by atoms with Gasteiger partial charge in [0.2, 0.25) is 5.95 Å². The van der Waals surface area contributed by atoms with Crippen LogP contribution >= 0.6 is 23.2 Å². The van der Waals surface area contributed by atoms with Crippen molar-refractivity contribution in [3.05, 3.63) is 75.4 Å². The standard InChI is InChI=1S/C24H25Cl2N9O2/c1-33(2)9-10-34(8-7-28-22-6-4-17(12-29-22)35(36)37)24-30-13-19(21-14-27-15-31-21)23(32-24)18-5-3-16(25)11-20(18)26/h3-6,11-15H,7-10H2,1-2H3,(H,27,31)(H,28,29). The van der Waals surface area contributed by atoms with Crippen molar-refractivity contribution in [2.24, 2.45) is 0 Å². The molecule has 3 aromatic heterocycles. The summed E-state index contributed by atoms with van der Waals surface area (Å²) in [4.78, 5) is 35.5. The normalized spacial score (nSPS) is 11.1. The van der Waals surface area contributed by atoms with Crippen LogP contribution in [0.2, 0.25) is 10.0 Å². The number of rotatable bonds is 11. The van der Waals surface area contributed by atoms with Gasteiger partial charge in [0.25, 0.3) is 5.69 Å². The Morgan fingerprint density at radius 2 is 1.86 bits per heavy atom. The van der Waals surface area contributed by atoms with E-state index in [0.29, 0.717) is 47.1 Å². The molecule has 0 aliphatic rings. The van der Waals surface area contributed by atoms with Gasteiger partial charge in [-0.15, -0.1) is 0 Å². The van der Waals surface area contributed by atoms with Crippen LogP contribution in [0.5, 0.6) is 0 Å². The van der Waals surface area contributed by atoms with Gasteiger partial charge in [-0.05, 0) is 38.4 Å². The highest BCUT2D eigenvalue weighted by Gasteiger charge is 2.19. The summed E-state index contributed by atoms with van der Waals surface area (Å²) in [5, 5.41) is 15.1. The van der Waals surface area contributed by atoms with Gasteiger partial charge in [-0.1, -0.05) is 23.2 Å². The summed E-state index contributed by atoms with van der Waals surface area (Å²) in [6.07, 6.45) is 6.28. The number of nitrogens with zero attached hydrogens (tertiary/aromatic N) is 7. The average molecular weight is 542 g/mol. The van der Waals surface area contributed by atoms with E-state index in [4.69, 9.17) is 28.2 Å². The van der Waals surface area contributed by atoms with Crippen molar-refractivity contribution in [1.82, 2.24) is 29.8 Å². The molecule has 0 atom stereocenters. The number of aromatic nitrogens is 5. The summed E-state index contributed by atoms with van der Waals surface area (Å²) in [6, 6.07) is 8.29. The highest BCUT2D eigenvalue weighted by Crippen LogP contribution is 2.35. The zero-order chi connectivity index (χ0) is 26.4. The molecule has 0 spiro atoms. The number of nitro groups is 1. The molecular weight excluding hydrogens is 517 g/mol. The fourth-order valence-electron chi connectivity index (χ4n) is 3.56. The van der Waals surface area contributed by atoms with Crippen LogP contribution in [0.4, 0.5) is 17.5 Å². The molecule has 4 rings (SSSR count). The molecule has 0 unspecified atom stereocenters. The molecule has 0 fully saturated rings. The van der Waals surface area contributed by atoms with Crippen molar-refractivity contribution in [1.29, 1.82) is 0 Å². The lowest BCUT2D eigenvalue weighted by Gasteiger charge is -2.25. The minimum Gasteiger partial charge on any atom is -0.368 e. The highest BCUT2D eigenvalue weighted by atomic mass is 35.5. The summed E-state index contributed by atoms with van der Waals surface area (Å²) >= 11 is 12.7. The zero-order valence-corrected chi connectivity index (χ0v) is 21.7. The van der Waals surface area contributed by atoms with Crippen LogP contribution in [-0.4, -0.2) is 75.0 Å². The van der Waals surface area contributed by atoms with E-state index in [2.05, 4.69) is 35.1 Å². The molecule has 1 aromatic carbocycles. The number of H-pyrrole nitrogens is 1. The van der Waals surface area contributed by atoms with Gasteiger partial charge in [-0.25, -0.2) is 19.9 Å². The quantitative estimate of drug-likeness (QED) is 0.206. The van der Waals surface area contributed by atoms with Crippen molar-refractivity contribution in [3.63, 3.8) is 0 Å². The van der Waals surface area contributed by atoms with E-state index in [9.17, 15) is 10.1 Å². The van der Waals surface area contributed by atoms with Gasteiger partial charge < -0.3 is 20.1 Å². The zero-order valence-electron chi connectivity index (χ0n) is 20.2. The molecule has 0 saturated heterocycles. The first kappa shape index (κ1) is 26.3. The number of pyridine rings is 1. The van der Waals surface area contributed by atoms with Crippen LogP contribution in [-0.2, 0) is 0 Å². The molecule has 2 N–H and O–H groups in total. The molecule has 0 amide bonds. The Kier molecular flexibility index (Phi) is 8.49. The molecule has 37 heavy (non-hydrogen) atoms. The van der Waals surface area contributed by atoms with E-state index in [1.165, 1.54) is 12.3 Å². The fraction of sp³-hybridized carbons (Fsp3) is 0.250. The van der Waals surface area contributed by atoms with Crippen molar-refractivity contribution < 1.29 is 4.92 Å². The average Bonchev–Trinajstić information content (AvgIpc) is 3.41. The lowest BCUT2D eigenvalue weighted by Crippen LogP contribution is -2.36. The van der Waals surface area contributed by atoms with Crippen LogP contribution in [0, 0.1) is 10.1 Å². The number of nitrogens with one attached hydrogen (secondary N) is 2. The lowest BCUT2D eigenvalue weighted by atomic mass is 10.1. The Bertz CT molecular complexity index is 1350. The second-order valence-corrected chi connectivity index (χ2v) is 9.24. The fourth-order valence-corrected chi connectivity index (χ4v) is 4.06. The van der Waals surface area contributed by atoms with Crippen LogP contribution in [0.25, 0.3) is 22.5 Å². The van der Waals surface area contributed by atoms with E-state index >= 15 is 0 Å². The maximum absolute atomic E-state index is 10.9. The number of hydrogen-bond acceptors (Lipinski definition) is 9. The summed E-state index contributed by atoms with van der Waals surface area (Å²) in [7, 11) is 4.00. The summed E-state index contributed by atoms with van der Waals surface area (Å²) in [5.74, 6) is 1.08. The summed E-state index contributed by atoms with van der Waals surface area (Å²) < 4.78 is 0. The number of halogens is 2. The van der Waals surface area contributed by atoms with Crippen LogP contribution in [0.15, 0.2) is 55.2 Å². The summed E-state index contributed by atoms with van der Waals surface area (Å²) in [5.41, 5.74) is 2.83. The van der Waals surface area contributed by atoms with Crippen molar-refractivity contribution >= 4 is 40.7 Å². The number of imidazole rings is 1. The molecule has 192 valence electrons. The first-order valence-electron chi connectivity index (χ1n) is 11.4. The monoisotopic (exact) mass is 541 g/mol. The Morgan fingerprint density at radius 1 is 1.03 bits per heavy atom. The molecule has 13 heteroatoms. The van der Waals surface area contributed by atoms with Gasteiger partial charge in [-0.3, -0.25) is 10.1 Å². The Hall–Kier alpha value is -3.80. The molecule has 0 aliphatic carbocycles. The topological polar surface area (TPSA) is 129 Å². The third-order valence-electron chi connectivity index (χ3n) is 5.50. The second-order valence-electron chi connectivity index (χ2n) is 8.40. The third kappa shape index (κ3) is 6.70.